The monoisotopic (exact) mass is 343 g/mol. The number of hydrogen-bond acceptors (Lipinski definition) is 7. The summed E-state index contributed by atoms with van der Waals surface area (Å²) in [7, 11) is 1.31. The summed E-state index contributed by atoms with van der Waals surface area (Å²) < 4.78 is 15.3. The minimum Gasteiger partial charge on any atom is -0.465 e. The summed E-state index contributed by atoms with van der Waals surface area (Å²) in [6.07, 6.45) is 0. The average molecular weight is 343 g/mol. The van der Waals surface area contributed by atoms with Crippen LogP contribution in [-0.4, -0.2) is 29.8 Å². The van der Waals surface area contributed by atoms with E-state index in [1.807, 2.05) is 24.3 Å². The lowest BCUT2D eigenvalue weighted by Gasteiger charge is -2.04. The Balaban J connectivity index is 1.56. The summed E-state index contributed by atoms with van der Waals surface area (Å²) >= 11 is 1.16. The molecule has 1 heterocycles. The van der Waals surface area contributed by atoms with Crippen LogP contribution in [0.4, 0.5) is 0 Å². The van der Waals surface area contributed by atoms with Crippen molar-refractivity contribution < 1.29 is 23.5 Å². The number of rotatable bonds is 5. The molecular weight excluding hydrogens is 330 g/mol. The molecule has 0 spiro atoms. The number of carbonyl (C=O) groups excluding carboxylic acids is 2. The fourth-order valence-electron chi connectivity index (χ4n) is 1.97. The van der Waals surface area contributed by atoms with Crippen LogP contribution < -0.4 is 4.74 Å². The van der Waals surface area contributed by atoms with Gasteiger partial charge in [-0.2, -0.15) is 0 Å². The van der Waals surface area contributed by atoms with E-state index in [1.54, 1.807) is 0 Å². The third-order valence-electron chi connectivity index (χ3n) is 3.09. The molecule has 0 amide bonds. The lowest BCUT2D eigenvalue weighted by molar-refractivity contribution is -0.131. The summed E-state index contributed by atoms with van der Waals surface area (Å²) in [5, 5.41) is 0.411. The highest BCUT2D eigenvalue weighted by Gasteiger charge is 2.11. The number of nitrogens with zero attached hydrogens (tertiary/aromatic N) is 1. The second-order valence-corrected chi connectivity index (χ2v) is 5.65. The zero-order chi connectivity index (χ0) is 16.9. The number of fused-ring (bicyclic) bond motifs is 1. The summed E-state index contributed by atoms with van der Waals surface area (Å²) in [5.74, 6) is -0.468. The van der Waals surface area contributed by atoms with Crippen LogP contribution in [0, 0.1) is 0 Å². The standard InChI is InChI=1S/C17H13NO5S/c1-21-16(20)11-6-8-12(9-7-11)22-15(19)10-24-17-18-13-4-2-3-5-14(13)23-17/h2-9H,10H2,1H3. The van der Waals surface area contributed by atoms with Gasteiger partial charge in [-0.05, 0) is 36.4 Å². The Bertz CT molecular complexity index is 839. The number of aromatic nitrogens is 1. The molecule has 1 aromatic heterocycles. The Morgan fingerprint density at radius 1 is 1.12 bits per heavy atom. The van der Waals surface area contributed by atoms with E-state index in [0.717, 1.165) is 17.3 Å². The molecule has 3 aromatic rings. The first-order chi connectivity index (χ1) is 11.7. The third-order valence-corrected chi connectivity index (χ3v) is 3.90. The maximum atomic E-state index is 11.9. The number of benzene rings is 2. The van der Waals surface area contributed by atoms with Crippen LogP contribution in [-0.2, 0) is 9.53 Å². The molecule has 6 nitrogen and oxygen atoms in total. The van der Waals surface area contributed by atoms with Crippen molar-refractivity contribution in [2.45, 2.75) is 5.22 Å². The molecule has 0 saturated heterocycles. The second kappa shape index (κ2) is 7.18. The van der Waals surface area contributed by atoms with Crippen LogP contribution in [0.5, 0.6) is 5.75 Å². The first-order valence-electron chi connectivity index (χ1n) is 7.03. The van der Waals surface area contributed by atoms with E-state index < -0.39 is 11.9 Å². The molecule has 0 aliphatic heterocycles. The first-order valence-corrected chi connectivity index (χ1v) is 8.01. The lowest BCUT2D eigenvalue weighted by atomic mass is 10.2. The van der Waals surface area contributed by atoms with Crippen molar-refractivity contribution in [3.63, 3.8) is 0 Å². The number of para-hydroxylation sites is 2. The van der Waals surface area contributed by atoms with Gasteiger partial charge < -0.3 is 13.9 Å². The van der Waals surface area contributed by atoms with Gasteiger partial charge in [0.05, 0.1) is 12.7 Å². The molecule has 24 heavy (non-hydrogen) atoms. The number of esters is 2. The van der Waals surface area contributed by atoms with Gasteiger partial charge in [-0.15, -0.1) is 0 Å². The van der Waals surface area contributed by atoms with Crippen molar-refractivity contribution in [3.8, 4) is 5.75 Å². The first kappa shape index (κ1) is 16.1. The zero-order valence-electron chi connectivity index (χ0n) is 12.7. The highest BCUT2D eigenvalue weighted by molar-refractivity contribution is 7.99. The number of methoxy groups -OCH3 is 1. The van der Waals surface area contributed by atoms with Crippen molar-refractivity contribution in [2.75, 3.05) is 12.9 Å². The molecule has 0 unspecified atom stereocenters. The minimum absolute atomic E-state index is 0.0611. The van der Waals surface area contributed by atoms with Gasteiger partial charge in [-0.25, -0.2) is 9.78 Å². The molecule has 7 heteroatoms. The van der Waals surface area contributed by atoms with E-state index in [1.165, 1.54) is 31.4 Å². The fourth-order valence-corrected chi connectivity index (χ4v) is 2.58. The van der Waals surface area contributed by atoms with E-state index >= 15 is 0 Å². The minimum atomic E-state index is -0.445. The van der Waals surface area contributed by atoms with Crippen molar-refractivity contribution in [2.24, 2.45) is 0 Å². The summed E-state index contributed by atoms with van der Waals surface area (Å²) in [5.41, 5.74) is 1.80. The van der Waals surface area contributed by atoms with Gasteiger partial charge in [0.25, 0.3) is 5.22 Å². The third kappa shape index (κ3) is 3.75. The van der Waals surface area contributed by atoms with Crippen LogP contribution >= 0.6 is 11.8 Å². The molecule has 0 aliphatic rings. The van der Waals surface area contributed by atoms with Crippen LogP contribution in [0.2, 0.25) is 0 Å². The Kier molecular flexibility index (Phi) is 4.81. The SMILES string of the molecule is COC(=O)c1ccc(OC(=O)CSc2nc3ccccc3o2)cc1. The number of hydrogen-bond donors (Lipinski definition) is 0. The van der Waals surface area contributed by atoms with Gasteiger partial charge in [-0.1, -0.05) is 23.9 Å². The lowest BCUT2D eigenvalue weighted by Crippen LogP contribution is -2.11. The summed E-state index contributed by atoms with van der Waals surface area (Å²) in [6.45, 7) is 0. The second-order valence-electron chi connectivity index (χ2n) is 4.73. The molecule has 3 rings (SSSR count). The highest BCUT2D eigenvalue weighted by Crippen LogP contribution is 2.23. The van der Waals surface area contributed by atoms with Crippen LogP contribution in [0.1, 0.15) is 10.4 Å². The largest absolute Gasteiger partial charge is 0.465 e. The van der Waals surface area contributed by atoms with E-state index in [-0.39, 0.29) is 5.75 Å². The van der Waals surface area contributed by atoms with E-state index in [9.17, 15) is 9.59 Å². The van der Waals surface area contributed by atoms with Crippen molar-refractivity contribution in [1.82, 2.24) is 4.98 Å². The predicted molar refractivity (Wildman–Crippen MR) is 88.1 cm³/mol. The van der Waals surface area contributed by atoms with E-state index in [0.29, 0.717) is 22.1 Å². The summed E-state index contributed by atoms with van der Waals surface area (Å²) in [4.78, 5) is 27.5. The maximum absolute atomic E-state index is 11.9. The Morgan fingerprint density at radius 2 is 1.88 bits per heavy atom. The smallest absolute Gasteiger partial charge is 0.337 e. The normalized spacial score (nSPS) is 10.5. The molecule has 0 atom stereocenters. The van der Waals surface area contributed by atoms with Crippen LogP contribution in [0.15, 0.2) is 58.2 Å². The summed E-state index contributed by atoms with van der Waals surface area (Å²) in [6, 6.07) is 13.5. The highest BCUT2D eigenvalue weighted by atomic mass is 32.2. The molecular formula is C17H13NO5S. The van der Waals surface area contributed by atoms with Crippen molar-refractivity contribution >= 4 is 34.8 Å². The number of ether oxygens (including phenoxy) is 2. The molecule has 0 radical (unpaired) electrons. The van der Waals surface area contributed by atoms with Gasteiger partial charge in [0.1, 0.15) is 17.0 Å². The van der Waals surface area contributed by atoms with Crippen LogP contribution in [0.25, 0.3) is 11.1 Å². The maximum Gasteiger partial charge on any atom is 0.337 e. The van der Waals surface area contributed by atoms with Crippen molar-refractivity contribution in [3.05, 3.63) is 54.1 Å². The van der Waals surface area contributed by atoms with Crippen molar-refractivity contribution in [1.29, 1.82) is 0 Å². The van der Waals surface area contributed by atoms with E-state index in [4.69, 9.17) is 9.15 Å². The quantitative estimate of drug-likeness (QED) is 0.399. The van der Waals surface area contributed by atoms with Gasteiger partial charge in [0.15, 0.2) is 5.58 Å². The average Bonchev–Trinajstić information content (AvgIpc) is 3.03. The molecule has 2 aromatic carbocycles. The van der Waals surface area contributed by atoms with Gasteiger partial charge in [-0.3, -0.25) is 4.79 Å². The Hall–Kier alpha value is -2.80. The number of thioether (sulfide) groups is 1. The topological polar surface area (TPSA) is 78.6 Å². The molecule has 0 saturated carbocycles. The number of carbonyl (C=O) groups is 2. The fraction of sp³-hybridized carbons (Fsp3) is 0.118. The van der Waals surface area contributed by atoms with Gasteiger partial charge in [0.2, 0.25) is 0 Å². The Morgan fingerprint density at radius 3 is 2.58 bits per heavy atom. The number of oxazole rings is 1. The molecule has 122 valence electrons. The molecule has 0 N–H and O–H groups in total. The molecule has 0 bridgehead atoms. The molecule has 0 aliphatic carbocycles. The molecule has 0 fully saturated rings. The van der Waals surface area contributed by atoms with Gasteiger partial charge >= 0.3 is 11.9 Å². The zero-order valence-corrected chi connectivity index (χ0v) is 13.5. The van der Waals surface area contributed by atoms with Gasteiger partial charge in [0, 0.05) is 0 Å². The van der Waals surface area contributed by atoms with E-state index in [2.05, 4.69) is 9.72 Å². The van der Waals surface area contributed by atoms with Crippen LogP contribution in [0.3, 0.4) is 0 Å². The Labute approximate surface area is 141 Å². The predicted octanol–water partition coefficient (Wildman–Crippen LogP) is 3.31.